The topological polar surface area (TPSA) is 67.8 Å². The van der Waals surface area contributed by atoms with Crippen LogP contribution in [0.5, 0.6) is 11.5 Å². The maximum atomic E-state index is 10.7. The predicted octanol–water partition coefficient (Wildman–Crippen LogP) is 1.78. The quantitative estimate of drug-likeness (QED) is 0.886. The maximum absolute atomic E-state index is 10.7. The Kier molecular flexibility index (Phi) is 4.08. The van der Waals surface area contributed by atoms with E-state index in [0.29, 0.717) is 31.3 Å². The largest absolute Gasteiger partial charge is 0.486 e. The van der Waals surface area contributed by atoms with Crippen molar-refractivity contribution in [1.82, 2.24) is 5.32 Å². The summed E-state index contributed by atoms with van der Waals surface area (Å²) in [6.45, 7) is 3.14. The third kappa shape index (κ3) is 2.94. The van der Waals surface area contributed by atoms with E-state index in [1.165, 1.54) is 0 Å². The van der Waals surface area contributed by atoms with Crippen molar-refractivity contribution in [2.75, 3.05) is 13.2 Å². The van der Waals surface area contributed by atoms with Crippen molar-refractivity contribution in [3.8, 4) is 11.5 Å². The van der Waals surface area contributed by atoms with Crippen LogP contribution in [0.4, 0.5) is 0 Å². The number of hydrogen-bond acceptors (Lipinski definition) is 4. The molecule has 0 radical (unpaired) electrons. The van der Waals surface area contributed by atoms with Gasteiger partial charge in [0.05, 0.1) is 0 Å². The molecular weight excluding hydrogens is 302 g/mol. The molecule has 0 amide bonds. The lowest BCUT2D eigenvalue weighted by Gasteiger charge is -2.20. The van der Waals surface area contributed by atoms with Crippen LogP contribution in [0.2, 0.25) is 0 Å². The number of aliphatic carboxylic acids is 1. The summed E-state index contributed by atoms with van der Waals surface area (Å²) >= 11 is 3.44. The van der Waals surface area contributed by atoms with Gasteiger partial charge in [-0.2, -0.15) is 0 Å². The monoisotopic (exact) mass is 315 g/mol. The van der Waals surface area contributed by atoms with E-state index in [2.05, 4.69) is 21.2 Å². The highest BCUT2D eigenvalue weighted by atomic mass is 79.9. The van der Waals surface area contributed by atoms with Gasteiger partial charge >= 0.3 is 5.97 Å². The number of carboxylic acids is 1. The summed E-state index contributed by atoms with van der Waals surface area (Å²) < 4.78 is 11.8. The van der Waals surface area contributed by atoms with Crippen LogP contribution in [0.25, 0.3) is 0 Å². The number of carboxylic acid groups (broad SMARTS) is 1. The molecule has 0 spiro atoms. The molecule has 2 N–H and O–H groups in total. The van der Waals surface area contributed by atoms with Gasteiger partial charge < -0.3 is 19.9 Å². The Bertz CT molecular complexity index is 464. The number of benzene rings is 1. The molecule has 1 aliphatic rings. The van der Waals surface area contributed by atoms with Gasteiger partial charge in [-0.15, -0.1) is 0 Å². The van der Waals surface area contributed by atoms with Gasteiger partial charge in [-0.25, -0.2) is 0 Å². The van der Waals surface area contributed by atoms with Crippen LogP contribution in [0, 0.1) is 0 Å². The summed E-state index contributed by atoms with van der Waals surface area (Å²) in [5, 5.41) is 11.7. The normalized spacial score (nSPS) is 15.2. The van der Waals surface area contributed by atoms with Crippen molar-refractivity contribution < 1.29 is 19.4 Å². The van der Waals surface area contributed by atoms with Crippen molar-refractivity contribution in [2.24, 2.45) is 0 Å². The van der Waals surface area contributed by atoms with E-state index in [1.807, 2.05) is 12.1 Å². The number of ether oxygens (including phenoxy) is 2. The lowest BCUT2D eigenvalue weighted by atomic mass is 10.2. The smallest absolute Gasteiger partial charge is 0.320 e. The first-order valence-corrected chi connectivity index (χ1v) is 6.41. The van der Waals surface area contributed by atoms with Gasteiger partial charge in [-0.05, 0) is 24.6 Å². The fourth-order valence-corrected chi connectivity index (χ4v) is 2.05. The van der Waals surface area contributed by atoms with E-state index >= 15 is 0 Å². The van der Waals surface area contributed by atoms with Gasteiger partial charge in [-0.1, -0.05) is 15.9 Å². The first-order chi connectivity index (χ1) is 8.58. The van der Waals surface area contributed by atoms with E-state index in [1.54, 1.807) is 6.92 Å². The number of halogens is 1. The van der Waals surface area contributed by atoms with Gasteiger partial charge in [0.25, 0.3) is 0 Å². The summed E-state index contributed by atoms with van der Waals surface area (Å²) in [7, 11) is 0. The van der Waals surface area contributed by atoms with Gasteiger partial charge in [0, 0.05) is 11.0 Å². The summed E-state index contributed by atoms with van der Waals surface area (Å²) in [4.78, 5) is 10.7. The molecule has 1 aromatic carbocycles. The van der Waals surface area contributed by atoms with Crippen LogP contribution < -0.4 is 14.8 Å². The minimum Gasteiger partial charge on any atom is -0.486 e. The lowest BCUT2D eigenvalue weighted by molar-refractivity contribution is -0.139. The molecule has 5 nitrogen and oxygen atoms in total. The molecule has 6 heteroatoms. The molecule has 0 saturated carbocycles. The molecule has 2 rings (SSSR count). The number of nitrogens with one attached hydrogen (secondary N) is 1. The highest BCUT2D eigenvalue weighted by Crippen LogP contribution is 2.35. The zero-order valence-electron chi connectivity index (χ0n) is 9.90. The standard InChI is InChI=1S/C12H14BrNO4/c1-7(12(15)16)14-6-8-4-10-11(5-9(8)13)18-3-2-17-10/h4-5,7,14H,2-3,6H2,1H3,(H,15,16)/t7-/m1/s1. The zero-order valence-corrected chi connectivity index (χ0v) is 11.5. The van der Waals surface area contributed by atoms with Crippen LogP contribution in [-0.4, -0.2) is 30.3 Å². The molecule has 0 bridgehead atoms. The average molecular weight is 316 g/mol. The summed E-state index contributed by atoms with van der Waals surface area (Å²) in [6, 6.07) is 3.11. The molecule has 1 aliphatic heterocycles. The second kappa shape index (κ2) is 5.58. The number of hydrogen-bond donors (Lipinski definition) is 2. The van der Waals surface area contributed by atoms with Crippen LogP contribution in [0.3, 0.4) is 0 Å². The molecule has 1 atom stereocenters. The second-order valence-electron chi connectivity index (χ2n) is 4.03. The van der Waals surface area contributed by atoms with Crippen LogP contribution >= 0.6 is 15.9 Å². The summed E-state index contributed by atoms with van der Waals surface area (Å²) in [6.07, 6.45) is 0. The third-order valence-electron chi connectivity index (χ3n) is 2.68. The Morgan fingerprint density at radius 1 is 1.44 bits per heavy atom. The Labute approximate surface area is 113 Å². The van der Waals surface area contributed by atoms with E-state index in [0.717, 1.165) is 10.0 Å². The Hall–Kier alpha value is -1.27. The van der Waals surface area contributed by atoms with Gasteiger partial charge in [0.1, 0.15) is 19.3 Å². The molecule has 0 aromatic heterocycles. The SMILES string of the molecule is C[C@@H](NCc1cc2c(cc1Br)OCCO2)C(=O)O. The first kappa shape index (κ1) is 13.2. The summed E-state index contributed by atoms with van der Waals surface area (Å²) in [5.41, 5.74) is 0.937. The van der Waals surface area contributed by atoms with E-state index in [4.69, 9.17) is 14.6 Å². The maximum Gasteiger partial charge on any atom is 0.320 e. The Morgan fingerprint density at radius 2 is 2.06 bits per heavy atom. The van der Waals surface area contributed by atoms with Gasteiger partial charge in [-0.3, -0.25) is 4.79 Å². The van der Waals surface area contributed by atoms with Crippen LogP contribution in [0.15, 0.2) is 16.6 Å². The molecule has 98 valence electrons. The second-order valence-corrected chi connectivity index (χ2v) is 4.88. The van der Waals surface area contributed by atoms with Crippen LogP contribution in [0.1, 0.15) is 12.5 Å². The fraction of sp³-hybridized carbons (Fsp3) is 0.417. The zero-order chi connectivity index (χ0) is 13.1. The predicted molar refractivity (Wildman–Crippen MR) is 69.1 cm³/mol. The van der Waals surface area contributed by atoms with Crippen molar-refractivity contribution in [1.29, 1.82) is 0 Å². The van der Waals surface area contributed by atoms with E-state index < -0.39 is 12.0 Å². The molecule has 0 saturated heterocycles. The van der Waals surface area contributed by atoms with Crippen LogP contribution in [-0.2, 0) is 11.3 Å². The molecular formula is C12H14BrNO4. The van der Waals surface area contributed by atoms with Crippen molar-refractivity contribution in [3.63, 3.8) is 0 Å². The van der Waals surface area contributed by atoms with Gasteiger partial charge in [0.15, 0.2) is 11.5 Å². The molecule has 18 heavy (non-hydrogen) atoms. The minimum absolute atomic E-state index is 0.449. The van der Waals surface area contributed by atoms with Crippen molar-refractivity contribution in [2.45, 2.75) is 19.5 Å². The van der Waals surface area contributed by atoms with Crippen molar-refractivity contribution >= 4 is 21.9 Å². The lowest BCUT2D eigenvalue weighted by Crippen LogP contribution is -2.33. The molecule has 0 aliphatic carbocycles. The first-order valence-electron chi connectivity index (χ1n) is 5.62. The van der Waals surface area contributed by atoms with Crippen molar-refractivity contribution in [3.05, 3.63) is 22.2 Å². The fourth-order valence-electron chi connectivity index (χ4n) is 1.59. The molecule has 1 aromatic rings. The van der Waals surface area contributed by atoms with Gasteiger partial charge in [0.2, 0.25) is 0 Å². The van der Waals surface area contributed by atoms with E-state index in [-0.39, 0.29) is 0 Å². The number of rotatable bonds is 4. The summed E-state index contributed by atoms with van der Waals surface area (Å²) in [5.74, 6) is 0.538. The highest BCUT2D eigenvalue weighted by molar-refractivity contribution is 9.10. The molecule has 1 heterocycles. The number of carbonyl (C=O) groups is 1. The molecule has 0 fully saturated rings. The third-order valence-corrected chi connectivity index (χ3v) is 3.42. The molecule has 0 unspecified atom stereocenters. The highest BCUT2D eigenvalue weighted by Gasteiger charge is 2.16. The Balaban J connectivity index is 2.11. The number of fused-ring (bicyclic) bond motifs is 1. The Morgan fingerprint density at radius 3 is 2.67 bits per heavy atom. The minimum atomic E-state index is -0.872. The van der Waals surface area contributed by atoms with E-state index in [9.17, 15) is 4.79 Å². The average Bonchev–Trinajstić information content (AvgIpc) is 2.35.